The Morgan fingerprint density at radius 3 is 2.41 bits per heavy atom. The van der Waals surface area contributed by atoms with Crippen molar-refractivity contribution < 1.29 is 9.53 Å². The van der Waals surface area contributed by atoms with E-state index in [1.165, 1.54) is 27.2 Å². The number of hydrogen-bond acceptors (Lipinski definition) is 6. The molecule has 0 aliphatic carbocycles. The van der Waals surface area contributed by atoms with Gasteiger partial charge in [-0.05, 0) is 38.8 Å². The summed E-state index contributed by atoms with van der Waals surface area (Å²) in [5, 5.41) is 1.68. The zero-order valence-electron chi connectivity index (χ0n) is 16.0. The van der Waals surface area contributed by atoms with Crippen molar-refractivity contribution in [3.05, 3.63) is 38.8 Å². The molecule has 0 N–H and O–H groups in total. The van der Waals surface area contributed by atoms with E-state index in [1.54, 1.807) is 11.3 Å². The molecule has 0 bridgehead atoms. The molecule has 2 aromatic heterocycles. The first-order valence-corrected chi connectivity index (χ1v) is 10.8. The number of aromatic nitrogens is 2. The zero-order valence-corrected chi connectivity index (χ0v) is 17.7. The summed E-state index contributed by atoms with van der Waals surface area (Å²) in [5.41, 5.74) is 4.29. The van der Waals surface area contributed by atoms with E-state index in [1.807, 2.05) is 18.7 Å². The Morgan fingerprint density at radius 1 is 1.07 bits per heavy atom. The van der Waals surface area contributed by atoms with Crippen LogP contribution in [0.1, 0.15) is 44.3 Å². The van der Waals surface area contributed by atoms with E-state index in [9.17, 15) is 4.79 Å². The summed E-state index contributed by atoms with van der Waals surface area (Å²) >= 11 is 3.10. The van der Waals surface area contributed by atoms with Gasteiger partial charge in [0.05, 0.1) is 20.9 Å². The standard InChI is InChI=1S/C20H23N3O2S2/c1-11-5-6-12(2)17-16(11)22-20(27-17)25-15-7-9-23(10-8-15)19(24)18-13(3)21-14(4)26-18/h5-6,15H,7-10H2,1-4H3. The second kappa shape index (κ2) is 7.20. The van der Waals surface area contributed by atoms with Crippen LogP contribution in [0.4, 0.5) is 0 Å². The molecule has 0 radical (unpaired) electrons. The first kappa shape index (κ1) is 18.4. The van der Waals surface area contributed by atoms with Gasteiger partial charge in [-0.2, -0.15) is 0 Å². The molecule has 1 aliphatic heterocycles. The molecule has 0 spiro atoms. The lowest BCUT2D eigenvalue weighted by Gasteiger charge is -2.31. The molecular weight excluding hydrogens is 378 g/mol. The van der Waals surface area contributed by atoms with Crippen LogP contribution in [0.5, 0.6) is 5.19 Å². The third-order valence-electron chi connectivity index (χ3n) is 5.02. The molecule has 0 saturated carbocycles. The monoisotopic (exact) mass is 401 g/mol. The number of hydrogen-bond donors (Lipinski definition) is 0. The summed E-state index contributed by atoms with van der Waals surface area (Å²) in [6.07, 6.45) is 1.77. The molecule has 27 heavy (non-hydrogen) atoms. The molecule has 1 amide bonds. The quantitative estimate of drug-likeness (QED) is 0.640. The van der Waals surface area contributed by atoms with Crippen LogP contribution in [0.25, 0.3) is 10.2 Å². The van der Waals surface area contributed by atoms with Crippen LogP contribution in [-0.2, 0) is 0 Å². The largest absolute Gasteiger partial charge is 0.467 e. The number of carbonyl (C=O) groups excluding carboxylic acids is 1. The average Bonchev–Trinajstić information content (AvgIpc) is 3.22. The highest BCUT2D eigenvalue weighted by Gasteiger charge is 2.27. The van der Waals surface area contributed by atoms with Crippen molar-refractivity contribution >= 4 is 38.8 Å². The molecule has 1 saturated heterocycles. The molecule has 5 nitrogen and oxygen atoms in total. The minimum absolute atomic E-state index is 0.0998. The van der Waals surface area contributed by atoms with Crippen molar-refractivity contribution in [2.45, 2.75) is 46.6 Å². The second-order valence-corrected chi connectivity index (χ2v) is 9.28. The smallest absolute Gasteiger partial charge is 0.274 e. The van der Waals surface area contributed by atoms with Gasteiger partial charge < -0.3 is 9.64 Å². The number of aryl methyl sites for hydroxylation is 4. The van der Waals surface area contributed by atoms with Gasteiger partial charge in [-0.25, -0.2) is 9.97 Å². The van der Waals surface area contributed by atoms with E-state index >= 15 is 0 Å². The lowest BCUT2D eigenvalue weighted by Crippen LogP contribution is -2.41. The Kier molecular flexibility index (Phi) is 4.90. The van der Waals surface area contributed by atoms with Gasteiger partial charge in [0.15, 0.2) is 0 Å². The predicted molar refractivity (Wildman–Crippen MR) is 110 cm³/mol. The number of benzene rings is 1. The number of fused-ring (bicyclic) bond motifs is 1. The van der Waals surface area contributed by atoms with Crippen molar-refractivity contribution in [1.82, 2.24) is 14.9 Å². The van der Waals surface area contributed by atoms with Gasteiger partial charge >= 0.3 is 0 Å². The van der Waals surface area contributed by atoms with Crippen molar-refractivity contribution in [3.63, 3.8) is 0 Å². The Bertz CT molecular complexity index is 961. The fourth-order valence-electron chi connectivity index (χ4n) is 3.48. The molecule has 3 heterocycles. The molecule has 7 heteroatoms. The maximum Gasteiger partial charge on any atom is 0.274 e. The number of nitrogens with zero attached hydrogens (tertiary/aromatic N) is 3. The predicted octanol–water partition coefficient (Wildman–Crippen LogP) is 4.67. The molecule has 0 unspecified atom stereocenters. The van der Waals surface area contributed by atoms with Gasteiger partial charge in [0.2, 0.25) is 0 Å². The van der Waals surface area contributed by atoms with Crippen molar-refractivity contribution in [2.75, 3.05) is 13.1 Å². The highest BCUT2D eigenvalue weighted by Crippen LogP contribution is 2.33. The summed E-state index contributed by atoms with van der Waals surface area (Å²) in [7, 11) is 0. The Morgan fingerprint density at radius 2 is 1.78 bits per heavy atom. The molecule has 3 aromatic rings. The lowest BCUT2D eigenvalue weighted by molar-refractivity contribution is 0.0599. The molecule has 1 aliphatic rings. The summed E-state index contributed by atoms with van der Waals surface area (Å²) in [6, 6.07) is 4.24. The maximum absolute atomic E-state index is 12.7. The van der Waals surface area contributed by atoms with Crippen molar-refractivity contribution in [3.8, 4) is 5.19 Å². The van der Waals surface area contributed by atoms with Crippen LogP contribution in [0.3, 0.4) is 0 Å². The van der Waals surface area contributed by atoms with Gasteiger partial charge in [0, 0.05) is 25.9 Å². The molecule has 1 fully saturated rings. The molecule has 1 aromatic carbocycles. The average molecular weight is 402 g/mol. The van der Waals surface area contributed by atoms with Gasteiger partial charge in [-0.15, -0.1) is 11.3 Å². The summed E-state index contributed by atoms with van der Waals surface area (Å²) in [5.74, 6) is 0.0998. The first-order valence-electron chi connectivity index (χ1n) is 9.19. The number of amides is 1. The topological polar surface area (TPSA) is 55.3 Å². The fourth-order valence-corrected chi connectivity index (χ4v) is 5.40. The van der Waals surface area contributed by atoms with Crippen molar-refractivity contribution in [1.29, 1.82) is 0 Å². The SMILES string of the molecule is Cc1nc(C)c(C(=O)N2CCC(Oc3nc4c(C)ccc(C)c4s3)CC2)s1. The van der Waals surface area contributed by atoms with E-state index in [-0.39, 0.29) is 12.0 Å². The van der Waals surface area contributed by atoms with Crippen LogP contribution in [0.2, 0.25) is 0 Å². The maximum atomic E-state index is 12.7. The number of ether oxygens (including phenoxy) is 1. The number of rotatable bonds is 3. The Labute approximate surface area is 167 Å². The number of carbonyl (C=O) groups is 1. The van der Waals surface area contributed by atoms with E-state index in [0.717, 1.165) is 39.1 Å². The van der Waals surface area contributed by atoms with E-state index in [4.69, 9.17) is 9.72 Å². The molecule has 4 rings (SSSR count). The normalized spacial score (nSPS) is 15.5. The van der Waals surface area contributed by atoms with Crippen LogP contribution in [-0.4, -0.2) is 40.0 Å². The van der Waals surface area contributed by atoms with Crippen LogP contribution >= 0.6 is 22.7 Å². The van der Waals surface area contributed by atoms with E-state index < -0.39 is 0 Å². The van der Waals surface area contributed by atoms with Crippen LogP contribution in [0.15, 0.2) is 12.1 Å². The van der Waals surface area contributed by atoms with Gasteiger partial charge in [0.1, 0.15) is 11.0 Å². The second-order valence-electron chi connectivity index (χ2n) is 7.11. The Balaban J connectivity index is 1.41. The minimum atomic E-state index is 0.0998. The third kappa shape index (κ3) is 3.58. The van der Waals surface area contributed by atoms with Gasteiger partial charge in [0.25, 0.3) is 11.1 Å². The molecule has 0 atom stereocenters. The highest BCUT2D eigenvalue weighted by atomic mass is 32.1. The van der Waals surface area contributed by atoms with Gasteiger partial charge in [-0.3, -0.25) is 4.79 Å². The molecule has 142 valence electrons. The number of likely N-dealkylation sites (tertiary alicyclic amines) is 1. The Hall–Kier alpha value is -1.99. The zero-order chi connectivity index (χ0) is 19.1. The summed E-state index contributed by atoms with van der Waals surface area (Å²) in [4.78, 5) is 24.5. The fraction of sp³-hybridized carbons (Fsp3) is 0.450. The summed E-state index contributed by atoms with van der Waals surface area (Å²) in [6.45, 7) is 9.46. The van der Waals surface area contributed by atoms with Crippen LogP contribution < -0.4 is 4.74 Å². The highest BCUT2D eigenvalue weighted by molar-refractivity contribution is 7.20. The number of thiazole rings is 2. The van der Waals surface area contributed by atoms with E-state index in [2.05, 4.69) is 31.0 Å². The minimum Gasteiger partial charge on any atom is -0.467 e. The third-order valence-corrected chi connectivity index (χ3v) is 7.16. The first-order chi connectivity index (χ1) is 12.9. The van der Waals surface area contributed by atoms with Crippen molar-refractivity contribution in [2.24, 2.45) is 0 Å². The van der Waals surface area contributed by atoms with E-state index in [0.29, 0.717) is 13.1 Å². The number of piperidine rings is 1. The van der Waals surface area contributed by atoms with Gasteiger partial charge in [-0.1, -0.05) is 23.5 Å². The summed E-state index contributed by atoms with van der Waals surface area (Å²) < 4.78 is 7.37. The van der Waals surface area contributed by atoms with Crippen LogP contribution in [0, 0.1) is 27.7 Å². The lowest BCUT2D eigenvalue weighted by atomic mass is 10.1. The molecular formula is C20H23N3O2S2.